The summed E-state index contributed by atoms with van der Waals surface area (Å²) in [5.74, 6) is -3.96. The predicted molar refractivity (Wildman–Crippen MR) is 113 cm³/mol. The zero-order valence-corrected chi connectivity index (χ0v) is 18.0. The highest BCUT2D eigenvalue weighted by Crippen LogP contribution is 2.25. The van der Waals surface area contributed by atoms with E-state index < -0.39 is 24.0 Å². The van der Waals surface area contributed by atoms with Crippen molar-refractivity contribution in [1.82, 2.24) is 34.7 Å². The van der Waals surface area contributed by atoms with Gasteiger partial charge in [0.15, 0.2) is 5.65 Å². The molecule has 0 fully saturated rings. The van der Waals surface area contributed by atoms with Crippen molar-refractivity contribution in [3.63, 3.8) is 0 Å². The summed E-state index contributed by atoms with van der Waals surface area (Å²) in [7, 11) is 0. The largest absolute Gasteiger partial charge is 0.489 e. The first-order chi connectivity index (χ1) is 15.1. The van der Waals surface area contributed by atoms with Gasteiger partial charge in [-0.1, -0.05) is 13.8 Å². The van der Waals surface area contributed by atoms with Crippen LogP contribution in [-0.4, -0.2) is 53.3 Å². The van der Waals surface area contributed by atoms with Gasteiger partial charge in [0.2, 0.25) is 0 Å². The summed E-state index contributed by atoms with van der Waals surface area (Å²) >= 11 is 0. The summed E-state index contributed by atoms with van der Waals surface area (Å²) in [5, 5.41) is 12.0. The Balaban J connectivity index is 1.55. The molecule has 0 spiro atoms. The van der Waals surface area contributed by atoms with Gasteiger partial charge in [0.1, 0.15) is 11.9 Å². The number of ether oxygens (including phenoxy) is 1. The first kappa shape index (κ1) is 21.6. The molecule has 32 heavy (non-hydrogen) atoms. The van der Waals surface area contributed by atoms with Crippen LogP contribution in [0, 0.1) is 5.92 Å². The molecule has 3 aromatic heterocycles. The van der Waals surface area contributed by atoms with Gasteiger partial charge in [-0.2, -0.15) is 23.5 Å². The molecular formula is C21H23F2N7O2. The van der Waals surface area contributed by atoms with Crippen LogP contribution in [0.1, 0.15) is 27.7 Å². The van der Waals surface area contributed by atoms with Crippen molar-refractivity contribution >= 4 is 22.5 Å². The minimum atomic E-state index is -3.46. The Morgan fingerprint density at radius 2 is 2.00 bits per heavy atom. The Hall–Kier alpha value is -3.63. The third-order valence-electron chi connectivity index (χ3n) is 5.10. The van der Waals surface area contributed by atoms with Crippen LogP contribution in [0.25, 0.3) is 22.5 Å². The normalized spacial score (nSPS) is 14.1. The topological polar surface area (TPSA) is 99.2 Å². The lowest BCUT2D eigenvalue weighted by molar-refractivity contribution is -0.144. The number of nitrogens with one attached hydrogen (secondary N) is 1. The Bertz CT molecular complexity index is 1230. The molecule has 4 aromatic rings. The van der Waals surface area contributed by atoms with Gasteiger partial charge in [-0.25, -0.2) is 4.52 Å². The van der Waals surface area contributed by atoms with Crippen LogP contribution in [-0.2, 0) is 4.79 Å². The highest BCUT2D eigenvalue weighted by Gasteiger charge is 2.36. The zero-order valence-electron chi connectivity index (χ0n) is 18.0. The third-order valence-corrected chi connectivity index (χ3v) is 5.10. The number of halogens is 2. The maximum Gasteiger partial charge on any atom is 0.321 e. The van der Waals surface area contributed by atoms with E-state index in [0.717, 1.165) is 10.9 Å². The molecule has 1 amide bonds. The molecular weight excluding hydrogens is 420 g/mol. The van der Waals surface area contributed by atoms with E-state index in [2.05, 4.69) is 25.5 Å². The molecule has 1 aromatic carbocycles. The van der Waals surface area contributed by atoms with Crippen LogP contribution < -0.4 is 10.1 Å². The van der Waals surface area contributed by atoms with E-state index in [1.54, 1.807) is 53.0 Å². The Kier molecular flexibility index (Phi) is 5.49. The number of hydrogen-bond donors (Lipinski definition) is 1. The summed E-state index contributed by atoms with van der Waals surface area (Å²) in [5.41, 5.74) is 1.37. The molecule has 0 radical (unpaired) electrons. The van der Waals surface area contributed by atoms with E-state index in [1.807, 2.05) is 19.9 Å². The lowest BCUT2D eigenvalue weighted by atomic mass is 9.99. The number of nitrogens with zero attached hydrogens (tertiary/aromatic N) is 6. The number of rotatable bonds is 7. The molecule has 4 rings (SSSR count). The van der Waals surface area contributed by atoms with Crippen LogP contribution >= 0.6 is 0 Å². The average molecular weight is 443 g/mol. The van der Waals surface area contributed by atoms with Gasteiger partial charge in [-0.15, -0.1) is 5.10 Å². The van der Waals surface area contributed by atoms with Crippen LogP contribution in [0.2, 0.25) is 0 Å². The minimum Gasteiger partial charge on any atom is -0.489 e. The molecule has 0 aliphatic rings. The first-order valence-electron chi connectivity index (χ1n) is 10.1. The summed E-state index contributed by atoms with van der Waals surface area (Å²) in [4.78, 5) is 20.2. The number of aromatic nitrogens is 6. The fourth-order valence-electron chi connectivity index (χ4n) is 3.46. The number of benzene rings is 1. The van der Waals surface area contributed by atoms with Gasteiger partial charge in [-0.05, 0) is 31.0 Å². The SMILES string of the molecule is CC(C)[C@H](NC(=O)C(C)(F)F)[C@@H](C)Oc1ccc2c(cnn2-c2nc3cnccn3n2)c1. The number of carbonyl (C=O) groups is 1. The number of carbonyl (C=O) groups excluding carboxylic acids is 1. The van der Waals surface area contributed by atoms with E-state index in [9.17, 15) is 13.6 Å². The molecule has 168 valence electrons. The summed E-state index contributed by atoms with van der Waals surface area (Å²) in [6, 6.07) is 4.77. The van der Waals surface area contributed by atoms with Crippen molar-refractivity contribution in [2.75, 3.05) is 0 Å². The Labute approximate surface area is 182 Å². The summed E-state index contributed by atoms with van der Waals surface area (Å²) in [6.45, 7) is 5.98. The van der Waals surface area contributed by atoms with Crippen molar-refractivity contribution in [2.24, 2.45) is 5.92 Å². The molecule has 11 heteroatoms. The van der Waals surface area contributed by atoms with E-state index in [0.29, 0.717) is 24.3 Å². The van der Waals surface area contributed by atoms with Crippen molar-refractivity contribution < 1.29 is 18.3 Å². The second-order valence-corrected chi connectivity index (χ2v) is 8.02. The minimum absolute atomic E-state index is 0.113. The maximum absolute atomic E-state index is 13.3. The average Bonchev–Trinajstić information content (AvgIpc) is 3.33. The maximum atomic E-state index is 13.3. The lowest BCUT2D eigenvalue weighted by Crippen LogP contribution is -2.52. The molecule has 9 nitrogen and oxygen atoms in total. The summed E-state index contributed by atoms with van der Waals surface area (Å²) in [6.07, 6.45) is 6.04. The number of hydrogen-bond acceptors (Lipinski definition) is 6. The van der Waals surface area contributed by atoms with E-state index >= 15 is 0 Å². The molecule has 0 saturated carbocycles. The molecule has 0 aliphatic carbocycles. The van der Waals surface area contributed by atoms with Gasteiger partial charge in [0.05, 0.1) is 24.0 Å². The Morgan fingerprint density at radius 3 is 2.69 bits per heavy atom. The smallest absolute Gasteiger partial charge is 0.321 e. The van der Waals surface area contributed by atoms with Gasteiger partial charge in [0, 0.05) is 24.7 Å². The second kappa shape index (κ2) is 8.13. The van der Waals surface area contributed by atoms with Crippen molar-refractivity contribution in [3.8, 4) is 11.7 Å². The molecule has 0 saturated heterocycles. The highest BCUT2D eigenvalue weighted by atomic mass is 19.3. The van der Waals surface area contributed by atoms with Crippen LogP contribution in [0.15, 0.2) is 43.0 Å². The second-order valence-electron chi connectivity index (χ2n) is 8.02. The highest BCUT2D eigenvalue weighted by molar-refractivity contribution is 5.83. The van der Waals surface area contributed by atoms with Crippen LogP contribution in [0.4, 0.5) is 8.78 Å². The van der Waals surface area contributed by atoms with Gasteiger partial charge in [0.25, 0.3) is 11.9 Å². The predicted octanol–water partition coefficient (Wildman–Crippen LogP) is 3.03. The van der Waals surface area contributed by atoms with Crippen molar-refractivity contribution in [1.29, 1.82) is 0 Å². The van der Waals surface area contributed by atoms with E-state index in [1.165, 1.54) is 0 Å². The Morgan fingerprint density at radius 1 is 1.22 bits per heavy atom. The van der Waals surface area contributed by atoms with Crippen LogP contribution in [0.3, 0.4) is 0 Å². The fourth-order valence-corrected chi connectivity index (χ4v) is 3.46. The van der Waals surface area contributed by atoms with Gasteiger partial charge in [-0.3, -0.25) is 9.78 Å². The molecule has 0 unspecified atom stereocenters. The molecule has 3 heterocycles. The fraction of sp³-hybridized carbons (Fsp3) is 0.381. The number of alkyl halides is 2. The van der Waals surface area contributed by atoms with Gasteiger partial charge >= 0.3 is 5.92 Å². The first-order valence-corrected chi connectivity index (χ1v) is 10.1. The molecule has 2 atom stereocenters. The van der Waals surface area contributed by atoms with Crippen molar-refractivity contribution in [2.45, 2.75) is 45.8 Å². The van der Waals surface area contributed by atoms with E-state index in [-0.39, 0.29) is 5.92 Å². The quantitative estimate of drug-likeness (QED) is 0.471. The summed E-state index contributed by atoms with van der Waals surface area (Å²) < 4.78 is 35.9. The van der Waals surface area contributed by atoms with Gasteiger partial charge < -0.3 is 10.1 Å². The van der Waals surface area contributed by atoms with Crippen LogP contribution in [0.5, 0.6) is 5.75 Å². The zero-order chi connectivity index (χ0) is 23.0. The standard InChI is InChI=1S/C21H23F2N7O2/c1-12(2)18(27-19(31)21(4,22)23)13(3)32-15-5-6-16-14(9-15)10-25-30(16)20-26-17-11-24-7-8-29(17)28-20/h5-13,18H,1-4H3,(H,27,31)/t13-,18+/m1/s1. The lowest BCUT2D eigenvalue weighted by Gasteiger charge is -2.30. The van der Waals surface area contributed by atoms with E-state index in [4.69, 9.17) is 4.74 Å². The molecule has 0 aliphatic heterocycles. The monoisotopic (exact) mass is 443 g/mol. The number of fused-ring (bicyclic) bond motifs is 2. The molecule has 0 bridgehead atoms. The molecule has 1 N–H and O–H groups in total. The number of amides is 1. The third kappa shape index (κ3) is 4.23. The van der Waals surface area contributed by atoms with Crippen molar-refractivity contribution in [3.05, 3.63) is 43.0 Å².